The normalized spacial score (nSPS) is 11.3. The smallest absolute Gasteiger partial charge is 0.255 e. The highest BCUT2D eigenvalue weighted by atomic mass is 32.1. The molecule has 0 fully saturated rings. The van der Waals surface area contributed by atoms with Crippen molar-refractivity contribution in [3.8, 4) is 0 Å². The maximum atomic E-state index is 12.5. The predicted octanol–water partition coefficient (Wildman–Crippen LogP) is 1.94. The van der Waals surface area contributed by atoms with Crippen molar-refractivity contribution in [3.63, 3.8) is 0 Å². The molecule has 0 saturated carbocycles. The van der Waals surface area contributed by atoms with Gasteiger partial charge in [-0.05, 0) is 12.1 Å². The van der Waals surface area contributed by atoms with Crippen molar-refractivity contribution in [2.24, 2.45) is 0 Å². The molecule has 18 heavy (non-hydrogen) atoms. The fourth-order valence-electron chi connectivity index (χ4n) is 1.81. The lowest BCUT2D eigenvalue weighted by Crippen LogP contribution is -2.32. The minimum absolute atomic E-state index is 0.115. The van der Waals surface area contributed by atoms with Crippen LogP contribution < -0.4 is 10.6 Å². The van der Waals surface area contributed by atoms with E-state index in [1.807, 2.05) is 0 Å². The zero-order valence-corrected chi connectivity index (χ0v) is 10.3. The Balaban J connectivity index is 2.39. The number of fused-ring (bicyclic) bond motifs is 1. The third kappa shape index (κ3) is 2.51. The van der Waals surface area contributed by atoms with Crippen LogP contribution in [0.3, 0.4) is 0 Å². The lowest BCUT2D eigenvalue weighted by atomic mass is 10.2. The number of nitrogens with two attached hydrogens (primary N) is 1. The third-order valence-corrected chi connectivity index (χ3v) is 3.38. The van der Waals surface area contributed by atoms with E-state index in [0.717, 1.165) is 4.70 Å². The molecule has 0 aliphatic rings. The molecule has 0 bridgehead atoms. The number of hydrogen-bond donors (Lipinski definition) is 2. The SMILES string of the molecule is Nc1c(N(CCO)CC(F)F)ccc2scnc12. The molecule has 0 spiro atoms. The molecule has 2 rings (SSSR count). The molecule has 3 N–H and O–H groups in total. The largest absolute Gasteiger partial charge is 0.395 e. The van der Waals surface area contributed by atoms with E-state index >= 15 is 0 Å². The quantitative estimate of drug-likeness (QED) is 0.817. The molecule has 0 unspecified atom stereocenters. The Labute approximate surface area is 107 Å². The van der Waals surface area contributed by atoms with Crippen LogP contribution in [0.25, 0.3) is 10.2 Å². The summed E-state index contributed by atoms with van der Waals surface area (Å²) >= 11 is 1.44. The Morgan fingerprint density at radius 3 is 2.89 bits per heavy atom. The number of halogens is 2. The fraction of sp³-hybridized carbons (Fsp3) is 0.364. The first kappa shape index (κ1) is 13.0. The van der Waals surface area contributed by atoms with Crippen LogP contribution >= 0.6 is 11.3 Å². The first-order chi connectivity index (χ1) is 8.63. The Morgan fingerprint density at radius 1 is 1.44 bits per heavy atom. The molecule has 4 nitrogen and oxygen atoms in total. The molecular formula is C11H13F2N3OS. The Kier molecular flexibility index (Phi) is 3.93. The molecule has 7 heteroatoms. The highest BCUT2D eigenvalue weighted by molar-refractivity contribution is 7.16. The minimum atomic E-state index is -2.48. The number of alkyl halides is 2. The summed E-state index contributed by atoms with van der Waals surface area (Å²) in [5.41, 5.74) is 9.09. The number of nitrogen functional groups attached to an aromatic ring is 1. The number of benzene rings is 1. The van der Waals surface area contributed by atoms with Crippen LogP contribution in [0.2, 0.25) is 0 Å². The summed E-state index contributed by atoms with van der Waals surface area (Å²) in [6, 6.07) is 3.49. The molecule has 2 aromatic rings. The van der Waals surface area contributed by atoms with Crippen LogP contribution in [0.15, 0.2) is 17.6 Å². The Hall–Kier alpha value is -1.47. The van der Waals surface area contributed by atoms with Gasteiger partial charge in [0, 0.05) is 6.54 Å². The highest BCUT2D eigenvalue weighted by Crippen LogP contribution is 2.32. The molecule has 0 atom stereocenters. The lowest BCUT2D eigenvalue weighted by Gasteiger charge is -2.24. The summed E-state index contributed by atoms with van der Waals surface area (Å²) in [6.07, 6.45) is -2.48. The van der Waals surface area contributed by atoms with Gasteiger partial charge in [-0.25, -0.2) is 13.8 Å². The fourth-order valence-corrected chi connectivity index (χ4v) is 2.51. The van der Waals surface area contributed by atoms with E-state index in [1.165, 1.54) is 16.2 Å². The lowest BCUT2D eigenvalue weighted by molar-refractivity contribution is 0.153. The maximum absolute atomic E-state index is 12.5. The summed E-state index contributed by atoms with van der Waals surface area (Å²) in [4.78, 5) is 5.49. The predicted molar refractivity (Wildman–Crippen MR) is 69.3 cm³/mol. The summed E-state index contributed by atoms with van der Waals surface area (Å²) in [5.74, 6) is 0. The van der Waals surface area contributed by atoms with E-state index < -0.39 is 13.0 Å². The van der Waals surface area contributed by atoms with Crippen molar-refractivity contribution < 1.29 is 13.9 Å². The topological polar surface area (TPSA) is 62.4 Å². The number of aliphatic hydroxyl groups is 1. The highest BCUT2D eigenvalue weighted by Gasteiger charge is 2.16. The van der Waals surface area contributed by atoms with Crippen molar-refractivity contribution in [1.29, 1.82) is 0 Å². The summed E-state index contributed by atoms with van der Waals surface area (Å²) < 4.78 is 25.9. The summed E-state index contributed by atoms with van der Waals surface area (Å²) in [5, 5.41) is 8.93. The van der Waals surface area contributed by atoms with Gasteiger partial charge in [-0.3, -0.25) is 0 Å². The first-order valence-electron chi connectivity index (χ1n) is 5.39. The number of aliphatic hydroxyl groups excluding tert-OH is 1. The van der Waals surface area contributed by atoms with Crippen molar-refractivity contribution in [3.05, 3.63) is 17.6 Å². The molecule has 1 heterocycles. The standard InChI is InChI=1S/C11H13F2N3OS/c12-9(13)5-16(3-4-17)7-1-2-8-11(10(7)14)15-6-18-8/h1-2,6,9,17H,3-5,14H2. The number of aromatic nitrogens is 1. The summed E-state index contributed by atoms with van der Waals surface area (Å²) in [6.45, 7) is -0.550. The number of anilines is 2. The summed E-state index contributed by atoms with van der Waals surface area (Å²) in [7, 11) is 0. The third-order valence-electron chi connectivity index (χ3n) is 2.59. The Bertz CT molecular complexity index is 532. The molecule has 98 valence electrons. The van der Waals surface area contributed by atoms with Crippen LogP contribution in [-0.2, 0) is 0 Å². The van der Waals surface area contributed by atoms with Crippen molar-refractivity contribution in [2.45, 2.75) is 6.43 Å². The van der Waals surface area contributed by atoms with Crippen molar-refractivity contribution in [1.82, 2.24) is 4.98 Å². The van der Waals surface area contributed by atoms with Gasteiger partial charge in [-0.2, -0.15) is 0 Å². The van der Waals surface area contributed by atoms with Crippen molar-refractivity contribution in [2.75, 3.05) is 30.3 Å². The van der Waals surface area contributed by atoms with Gasteiger partial charge in [0.05, 0.1) is 34.7 Å². The van der Waals surface area contributed by atoms with Crippen LogP contribution in [-0.4, -0.2) is 36.2 Å². The average molecular weight is 273 g/mol. The number of rotatable bonds is 5. The van der Waals surface area contributed by atoms with Gasteiger partial charge in [0.15, 0.2) is 0 Å². The van der Waals surface area contributed by atoms with Gasteiger partial charge < -0.3 is 15.7 Å². The minimum Gasteiger partial charge on any atom is -0.395 e. The number of thiazole rings is 1. The van der Waals surface area contributed by atoms with E-state index in [4.69, 9.17) is 10.8 Å². The van der Waals surface area contributed by atoms with E-state index in [1.54, 1.807) is 17.6 Å². The molecule has 0 aliphatic carbocycles. The van der Waals surface area contributed by atoms with E-state index in [0.29, 0.717) is 16.9 Å². The number of hydrogen-bond acceptors (Lipinski definition) is 5. The zero-order chi connectivity index (χ0) is 13.1. The van der Waals surface area contributed by atoms with E-state index in [9.17, 15) is 8.78 Å². The van der Waals surface area contributed by atoms with Crippen LogP contribution in [0.4, 0.5) is 20.2 Å². The first-order valence-corrected chi connectivity index (χ1v) is 6.27. The van der Waals surface area contributed by atoms with Crippen LogP contribution in [0, 0.1) is 0 Å². The van der Waals surface area contributed by atoms with Gasteiger partial charge in [0.1, 0.15) is 5.52 Å². The second kappa shape index (κ2) is 5.45. The van der Waals surface area contributed by atoms with E-state index in [-0.39, 0.29) is 13.2 Å². The molecule has 0 saturated heterocycles. The molecular weight excluding hydrogens is 260 g/mol. The van der Waals surface area contributed by atoms with Crippen molar-refractivity contribution >= 4 is 32.9 Å². The second-order valence-electron chi connectivity index (χ2n) is 3.76. The van der Waals surface area contributed by atoms with Crippen LogP contribution in [0.5, 0.6) is 0 Å². The maximum Gasteiger partial charge on any atom is 0.255 e. The zero-order valence-electron chi connectivity index (χ0n) is 9.51. The molecule has 0 aliphatic heterocycles. The molecule has 1 aromatic carbocycles. The van der Waals surface area contributed by atoms with Gasteiger partial charge in [-0.15, -0.1) is 11.3 Å². The average Bonchev–Trinajstić information content (AvgIpc) is 2.77. The number of nitrogens with zero attached hydrogens (tertiary/aromatic N) is 2. The van der Waals surface area contributed by atoms with Gasteiger partial charge in [0.25, 0.3) is 6.43 Å². The van der Waals surface area contributed by atoms with Gasteiger partial charge >= 0.3 is 0 Å². The van der Waals surface area contributed by atoms with Gasteiger partial charge in [0.2, 0.25) is 0 Å². The van der Waals surface area contributed by atoms with Crippen LogP contribution in [0.1, 0.15) is 0 Å². The second-order valence-corrected chi connectivity index (χ2v) is 4.64. The molecule has 1 aromatic heterocycles. The van der Waals surface area contributed by atoms with Gasteiger partial charge in [-0.1, -0.05) is 0 Å². The van der Waals surface area contributed by atoms with E-state index in [2.05, 4.69) is 4.98 Å². The molecule has 0 amide bonds. The Morgan fingerprint density at radius 2 is 2.22 bits per heavy atom. The monoisotopic (exact) mass is 273 g/mol. The molecule has 0 radical (unpaired) electrons.